The maximum absolute atomic E-state index is 11.7. The van der Waals surface area contributed by atoms with Crippen molar-refractivity contribution in [1.29, 1.82) is 0 Å². The smallest absolute Gasteiger partial charge is 0.304 e. The third-order valence-electron chi connectivity index (χ3n) is 6.57. The fourth-order valence-corrected chi connectivity index (χ4v) is 5.31. The van der Waals surface area contributed by atoms with Gasteiger partial charge in [0, 0.05) is 31.6 Å². The summed E-state index contributed by atoms with van der Waals surface area (Å²) in [6.45, 7) is 9.23. The number of rotatable bonds is 8. The number of ether oxygens (including phenoxy) is 4. The molecule has 3 rings (SSSR count). The molecule has 0 bridgehead atoms. The van der Waals surface area contributed by atoms with Crippen LogP contribution in [0.15, 0.2) is 23.3 Å². The molecule has 1 aliphatic carbocycles. The van der Waals surface area contributed by atoms with E-state index in [4.69, 9.17) is 18.9 Å². The fourth-order valence-electron chi connectivity index (χ4n) is 5.31. The summed E-state index contributed by atoms with van der Waals surface area (Å²) in [7, 11) is 0. The van der Waals surface area contributed by atoms with Gasteiger partial charge in [-0.2, -0.15) is 0 Å². The summed E-state index contributed by atoms with van der Waals surface area (Å²) in [6, 6.07) is 0. The number of allylic oxidation sites excluding steroid dienone is 4. The molecule has 1 saturated carbocycles. The lowest BCUT2D eigenvalue weighted by molar-refractivity contribution is -0.306. The maximum Gasteiger partial charge on any atom is 0.304 e. The number of carbonyl (C=O) groups is 2. The largest absolute Gasteiger partial charge is 0.436 e. The van der Waals surface area contributed by atoms with Crippen molar-refractivity contribution < 1.29 is 28.5 Å². The van der Waals surface area contributed by atoms with Crippen LogP contribution >= 0.6 is 0 Å². The van der Waals surface area contributed by atoms with Gasteiger partial charge < -0.3 is 18.9 Å². The highest BCUT2D eigenvalue weighted by Gasteiger charge is 2.60. The van der Waals surface area contributed by atoms with E-state index in [2.05, 4.69) is 32.9 Å². The maximum atomic E-state index is 11.7. The Morgan fingerprint density at radius 3 is 2.17 bits per heavy atom. The van der Waals surface area contributed by atoms with E-state index in [0.717, 1.165) is 38.5 Å². The molecule has 2 saturated heterocycles. The lowest BCUT2D eigenvalue weighted by Gasteiger charge is -2.41. The second kappa shape index (κ2) is 10.1. The van der Waals surface area contributed by atoms with E-state index < -0.39 is 18.9 Å². The van der Waals surface area contributed by atoms with Crippen molar-refractivity contribution in [3.63, 3.8) is 0 Å². The third kappa shape index (κ3) is 5.52. The lowest BCUT2D eigenvalue weighted by Crippen LogP contribution is -2.47. The summed E-state index contributed by atoms with van der Waals surface area (Å²) in [5.41, 5.74) is 2.73. The van der Waals surface area contributed by atoms with E-state index in [-0.39, 0.29) is 29.7 Å². The minimum atomic E-state index is -0.608. The first-order valence-electron chi connectivity index (χ1n) is 11.2. The average molecular weight is 421 g/mol. The molecule has 0 aromatic rings. The van der Waals surface area contributed by atoms with Crippen LogP contribution in [0, 0.1) is 23.7 Å². The molecule has 2 aliphatic heterocycles. The van der Waals surface area contributed by atoms with Crippen molar-refractivity contribution in [2.45, 2.75) is 92.0 Å². The SMILES string of the molecule is CC(=O)O[C@H]1O[C@@H]2O[C@@H](OC(C)=O)[C@@H]3CC[C@H]([C@@H]1CC/C=C(\C)CCC=C(C)C)[C@H]23. The Hall–Kier alpha value is -1.66. The standard InChI is InChI=1S/C24H36O6/c1-14(2)8-6-9-15(3)10-7-11-19-18-12-13-20-21(18)24(29-22(19)27-16(4)25)30-23(20)28-17(5)26/h8,10,18-24H,6-7,9,11-13H2,1-5H3/b15-10+/t18-,19+,20-,21+,22+,23-,24-/m1/s1. The van der Waals surface area contributed by atoms with Crippen LogP contribution in [0.2, 0.25) is 0 Å². The second-order valence-electron chi connectivity index (χ2n) is 9.19. The van der Waals surface area contributed by atoms with Crippen LogP contribution < -0.4 is 0 Å². The van der Waals surface area contributed by atoms with Gasteiger partial charge in [-0.25, -0.2) is 0 Å². The highest BCUT2D eigenvalue weighted by molar-refractivity contribution is 5.66. The molecule has 0 amide bonds. The topological polar surface area (TPSA) is 71.1 Å². The summed E-state index contributed by atoms with van der Waals surface area (Å²) in [5.74, 6) is 0.129. The lowest BCUT2D eigenvalue weighted by atomic mass is 9.76. The average Bonchev–Trinajstić information content (AvgIpc) is 3.20. The van der Waals surface area contributed by atoms with Gasteiger partial charge in [-0.05, 0) is 65.2 Å². The molecule has 2 heterocycles. The van der Waals surface area contributed by atoms with Gasteiger partial charge in [0.2, 0.25) is 12.6 Å². The highest BCUT2D eigenvalue weighted by Crippen LogP contribution is 2.56. The molecule has 6 heteroatoms. The summed E-state index contributed by atoms with van der Waals surface area (Å²) >= 11 is 0. The van der Waals surface area contributed by atoms with Gasteiger partial charge in [0.05, 0.1) is 0 Å². The van der Waals surface area contributed by atoms with Crippen molar-refractivity contribution in [2.75, 3.05) is 0 Å². The molecule has 168 valence electrons. The molecular formula is C24H36O6. The zero-order chi connectivity index (χ0) is 21.8. The number of esters is 2. The second-order valence-corrected chi connectivity index (χ2v) is 9.19. The van der Waals surface area contributed by atoms with Gasteiger partial charge in [-0.15, -0.1) is 0 Å². The number of hydrogen-bond acceptors (Lipinski definition) is 6. The normalized spacial score (nSPS) is 35.0. The number of carbonyl (C=O) groups excluding carboxylic acids is 2. The molecule has 0 radical (unpaired) electrons. The van der Waals surface area contributed by atoms with Crippen molar-refractivity contribution in [3.05, 3.63) is 23.3 Å². The Balaban J connectivity index is 1.66. The molecule has 6 nitrogen and oxygen atoms in total. The van der Waals surface area contributed by atoms with E-state index >= 15 is 0 Å². The van der Waals surface area contributed by atoms with Crippen molar-refractivity contribution >= 4 is 11.9 Å². The van der Waals surface area contributed by atoms with Crippen LogP contribution in [-0.2, 0) is 28.5 Å². The summed E-state index contributed by atoms with van der Waals surface area (Å²) in [4.78, 5) is 23.1. The van der Waals surface area contributed by atoms with Crippen LogP contribution in [0.4, 0.5) is 0 Å². The molecule has 0 aromatic carbocycles. The van der Waals surface area contributed by atoms with E-state index in [9.17, 15) is 9.59 Å². The fraction of sp³-hybridized carbons (Fsp3) is 0.750. The van der Waals surface area contributed by atoms with Gasteiger partial charge in [-0.3, -0.25) is 9.59 Å². The summed E-state index contributed by atoms with van der Waals surface area (Å²) in [6.07, 6.45) is 8.83. The van der Waals surface area contributed by atoms with Crippen molar-refractivity contribution in [2.24, 2.45) is 23.7 Å². The first-order valence-corrected chi connectivity index (χ1v) is 11.2. The molecule has 0 spiro atoms. The van der Waals surface area contributed by atoms with Crippen molar-refractivity contribution in [1.82, 2.24) is 0 Å². The molecule has 0 unspecified atom stereocenters. The predicted octanol–water partition coefficient (Wildman–Crippen LogP) is 4.88. The molecule has 0 N–H and O–H groups in total. The monoisotopic (exact) mass is 420 g/mol. The van der Waals surface area contributed by atoms with E-state index in [1.54, 1.807) is 0 Å². The molecule has 0 aromatic heterocycles. The minimum absolute atomic E-state index is 0.127. The Kier molecular flexibility index (Phi) is 7.75. The van der Waals surface area contributed by atoms with Crippen molar-refractivity contribution in [3.8, 4) is 0 Å². The molecule has 30 heavy (non-hydrogen) atoms. The Labute approximate surface area is 180 Å². The van der Waals surface area contributed by atoms with Gasteiger partial charge >= 0.3 is 11.9 Å². The summed E-state index contributed by atoms with van der Waals surface area (Å²) < 4.78 is 22.9. The zero-order valence-corrected chi connectivity index (χ0v) is 18.9. The van der Waals surface area contributed by atoms with E-state index in [0.29, 0.717) is 5.92 Å². The number of hydrogen-bond donors (Lipinski definition) is 0. The highest BCUT2D eigenvalue weighted by atomic mass is 16.8. The summed E-state index contributed by atoms with van der Waals surface area (Å²) in [5, 5.41) is 0. The third-order valence-corrected chi connectivity index (χ3v) is 6.57. The zero-order valence-electron chi connectivity index (χ0n) is 18.9. The van der Waals surface area contributed by atoms with Gasteiger partial charge in [-0.1, -0.05) is 23.3 Å². The molecular weight excluding hydrogens is 384 g/mol. The van der Waals surface area contributed by atoms with E-state index in [1.807, 2.05) is 0 Å². The van der Waals surface area contributed by atoms with Crippen LogP contribution in [0.3, 0.4) is 0 Å². The van der Waals surface area contributed by atoms with Gasteiger partial charge in [0.15, 0.2) is 6.29 Å². The molecule has 7 atom stereocenters. The van der Waals surface area contributed by atoms with Crippen LogP contribution in [-0.4, -0.2) is 30.8 Å². The van der Waals surface area contributed by atoms with E-state index in [1.165, 1.54) is 25.0 Å². The van der Waals surface area contributed by atoms with Gasteiger partial charge in [0.1, 0.15) is 0 Å². The first-order chi connectivity index (χ1) is 14.3. The quantitative estimate of drug-likeness (QED) is 0.412. The Morgan fingerprint density at radius 1 is 0.867 bits per heavy atom. The Morgan fingerprint density at radius 2 is 1.50 bits per heavy atom. The first kappa shape index (κ1) is 23.0. The molecule has 3 fully saturated rings. The molecule has 3 aliphatic rings. The predicted molar refractivity (Wildman–Crippen MR) is 112 cm³/mol. The van der Waals surface area contributed by atoms with Gasteiger partial charge in [0.25, 0.3) is 0 Å². The van der Waals surface area contributed by atoms with Crippen LogP contribution in [0.5, 0.6) is 0 Å². The Bertz CT molecular complexity index is 692. The minimum Gasteiger partial charge on any atom is -0.436 e. The van der Waals surface area contributed by atoms with Crippen LogP contribution in [0.25, 0.3) is 0 Å². The van der Waals surface area contributed by atoms with Crippen LogP contribution in [0.1, 0.15) is 73.1 Å².